The van der Waals surface area contributed by atoms with E-state index in [0.717, 1.165) is 5.69 Å². The molecule has 0 aliphatic rings. The molecule has 1 aromatic carbocycles. The summed E-state index contributed by atoms with van der Waals surface area (Å²) >= 11 is 0. The summed E-state index contributed by atoms with van der Waals surface area (Å²) in [7, 11) is 0. The minimum atomic E-state index is 0.0497. The summed E-state index contributed by atoms with van der Waals surface area (Å²) in [5.41, 5.74) is 7.08. The maximum Gasteiger partial charge on any atom is 0.135 e. The van der Waals surface area contributed by atoms with Crippen molar-refractivity contribution in [3.63, 3.8) is 0 Å². The van der Waals surface area contributed by atoms with Crippen molar-refractivity contribution in [3.05, 3.63) is 42.2 Å². The molecule has 0 aliphatic heterocycles. The summed E-state index contributed by atoms with van der Waals surface area (Å²) in [5, 5.41) is 15.1. The van der Waals surface area contributed by atoms with Crippen molar-refractivity contribution in [1.29, 1.82) is 5.26 Å². The van der Waals surface area contributed by atoms with Crippen LogP contribution in [-0.2, 0) is 0 Å². The summed E-state index contributed by atoms with van der Waals surface area (Å²) in [4.78, 5) is 8.26. The second kappa shape index (κ2) is 6.50. The number of nitrogens with one attached hydrogen (secondary N) is 2. The molecule has 2 rings (SSSR count). The molecule has 0 saturated heterocycles. The maximum atomic E-state index is 8.87. The van der Waals surface area contributed by atoms with Crippen molar-refractivity contribution in [3.8, 4) is 6.07 Å². The summed E-state index contributed by atoms with van der Waals surface area (Å²) in [6.07, 6.45) is 1.47. The molecule has 0 saturated carbocycles. The third-order valence-corrected chi connectivity index (χ3v) is 2.54. The molecule has 20 heavy (non-hydrogen) atoms. The minimum Gasteiger partial charge on any atom is -0.368 e. The van der Waals surface area contributed by atoms with Gasteiger partial charge in [0.1, 0.15) is 18.0 Å². The lowest BCUT2D eigenvalue weighted by atomic mass is 10.2. The van der Waals surface area contributed by atoms with Gasteiger partial charge in [-0.3, -0.25) is 0 Å². The van der Waals surface area contributed by atoms with Crippen LogP contribution in [0.2, 0.25) is 0 Å². The van der Waals surface area contributed by atoms with Gasteiger partial charge in [0.05, 0.1) is 11.6 Å². The fourth-order valence-electron chi connectivity index (χ4n) is 1.60. The fraction of sp³-hybridized carbons (Fsp3) is 0.214. The van der Waals surface area contributed by atoms with Crippen LogP contribution < -0.4 is 16.4 Å². The summed E-state index contributed by atoms with van der Waals surface area (Å²) in [6.45, 7) is 2.56. The number of nitrogens with two attached hydrogens (primary N) is 1. The zero-order chi connectivity index (χ0) is 14.4. The molecule has 1 atom stereocenters. The van der Waals surface area contributed by atoms with Crippen molar-refractivity contribution in [2.24, 2.45) is 5.73 Å². The molecule has 1 aromatic heterocycles. The highest BCUT2D eigenvalue weighted by molar-refractivity contribution is 5.60. The first kappa shape index (κ1) is 13.8. The molecule has 0 radical (unpaired) electrons. The predicted molar refractivity (Wildman–Crippen MR) is 78.6 cm³/mol. The van der Waals surface area contributed by atoms with E-state index < -0.39 is 0 Å². The van der Waals surface area contributed by atoms with Crippen LogP contribution >= 0.6 is 0 Å². The summed E-state index contributed by atoms with van der Waals surface area (Å²) in [5.74, 6) is 1.36. The number of aromatic nitrogens is 2. The van der Waals surface area contributed by atoms with E-state index in [4.69, 9.17) is 11.0 Å². The Hall–Kier alpha value is -2.65. The number of anilines is 3. The van der Waals surface area contributed by atoms with E-state index >= 15 is 0 Å². The van der Waals surface area contributed by atoms with Crippen LogP contribution in [-0.4, -0.2) is 22.6 Å². The number of rotatable bonds is 5. The highest BCUT2D eigenvalue weighted by Crippen LogP contribution is 2.17. The quantitative estimate of drug-likeness (QED) is 0.765. The molecule has 0 amide bonds. The standard InChI is InChI=1S/C14H16N6/c1-10(16)8-17-13-6-14(19-9-18-13)20-12-4-2-3-11(5-12)7-15/h2-6,9-10H,8,16H2,1H3,(H2,17,18,19,20). The van der Waals surface area contributed by atoms with Gasteiger partial charge in [0.2, 0.25) is 0 Å². The molecular weight excluding hydrogens is 252 g/mol. The van der Waals surface area contributed by atoms with Gasteiger partial charge in [0, 0.05) is 24.3 Å². The topological polar surface area (TPSA) is 99.7 Å². The minimum absolute atomic E-state index is 0.0497. The Morgan fingerprint density at radius 2 is 2.10 bits per heavy atom. The average Bonchev–Trinajstić information content (AvgIpc) is 2.46. The van der Waals surface area contributed by atoms with Crippen LogP contribution in [0, 0.1) is 11.3 Å². The van der Waals surface area contributed by atoms with Crippen molar-refractivity contribution >= 4 is 17.3 Å². The van der Waals surface area contributed by atoms with E-state index in [0.29, 0.717) is 23.7 Å². The van der Waals surface area contributed by atoms with Crippen molar-refractivity contribution in [1.82, 2.24) is 9.97 Å². The Labute approximate surface area is 117 Å². The molecule has 2 aromatic rings. The van der Waals surface area contributed by atoms with E-state index in [2.05, 4.69) is 26.7 Å². The molecule has 1 heterocycles. The molecule has 1 unspecified atom stereocenters. The van der Waals surface area contributed by atoms with Crippen molar-refractivity contribution in [2.45, 2.75) is 13.0 Å². The van der Waals surface area contributed by atoms with Gasteiger partial charge in [-0.1, -0.05) is 6.07 Å². The first-order chi connectivity index (χ1) is 9.67. The van der Waals surface area contributed by atoms with Gasteiger partial charge in [0.25, 0.3) is 0 Å². The lowest BCUT2D eigenvalue weighted by molar-refractivity contribution is 0.777. The van der Waals surface area contributed by atoms with Gasteiger partial charge in [-0.2, -0.15) is 5.26 Å². The SMILES string of the molecule is CC(N)CNc1cc(Nc2cccc(C#N)c2)ncn1. The van der Waals surface area contributed by atoms with E-state index in [-0.39, 0.29) is 6.04 Å². The van der Waals surface area contributed by atoms with Gasteiger partial charge >= 0.3 is 0 Å². The zero-order valence-corrected chi connectivity index (χ0v) is 11.2. The van der Waals surface area contributed by atoms with Crippen LogP contribution in [0.4, 0.5) is 17.3 Å². The van der Waals surface area contributed by atoms with Gasteiger partial charge in [0.15, 0.2) is 0 Å². The number of nitrogens with zero attached hydrogens (tertiary/aromatic N) is 3. The van der Waals surface area contributed by atoms with Crippen LogP contribution in [0.15, 0.2) is 36.7 Å². The van der Waals surface area contributed by atoms with Gasteiger partial charge in [-0.25, -0.2) is 9.97 Å². The van der Waals surface area contributed by atoms with E-state index in [1.165, 1.54) is 6.33 Å². The number of hydrogen-bond donors (Lipinski definition) is 3. The highest BCUT2D eigenvalue weighted by atomic mass is 15.1. The third-order valence-electron chi connectivity index (χ3n) is 2.54. The average molecular weight is 268 g/mol. The normalized spacial score (nSPS) is 11.4. The monoisotopic (exact) mass is 268 g/mol. The molecule has 6 heteroatoms. The van der Waals surface area contributed by atoms with Crippen molar-refractivity contribution in [2.75, 3.05) is 17.2 Å². The van der Waals surface area contributed by atoms with Crippen LogP contribution in [0.25, 0.3) is 0 Å². The lowest BCUT2D eigenvalue weighted by Gasteiger charge is -2.10. The third kappa shape index (κ3) is 3.93. The molecular formula is C14H16N6. The molecule has 0 fully saturated rings. The van der Waals surface area contributed by atoms with E-state index in [1.54, 1.807) is 18.2 Å². The molecule has 0 spiro atoms. The number of nitriles is 1. The van der Waals surface area contributed by atoms with Crippen molar-refractivity contribution < 1.29 is 0 Å². The Kier molecular flexibility index (Phi) is 4.47. The number of benzene rings is 1. The smallest absolute Gasteiger partial charge is 0.135 e. The van der Waals surface area contributed by atoms with Crippen LogP contribution in [0.5, 0.6) is 0 Å². The van der Waals surface area contributed by atoms with E-state index in [9.17, 15) is 0 Å². The van der Waals surface area contributed by atoms with Crippen LogP contribution in [0.1, 0.15) is 12.5 Å². The van der Waals surface area contributed by atoms with Gasteiger partial charge in [-0.05, 0) is 25.1 Å². The Morgan fingerprint density at radius 1 is 1.30 bits per heavy atom. The molecule has 4 N–H and O–H groups in total. The maximum absolute atomic E-state index is 8.87. The number of hydrogen-bond acceptors (Lipinski definition) is 6. The lowest BCUT2D eigenvalue weighted by Crippen LogP contribution is -2.25. The van der Waals surface area contributed by atoms with E-state index in [1.807, 2.05) is 19.1 Å². The molecule has 6 nitrogen and oxygen atoms in total. The fourth-order valence-corrected chi connectivity index (χ4v) is 1.60. The Morgan fingerprint density at radius 3 is 2.85 bits per heavy atom. The molecule has 102 valence electrons. The molecule has 0 bridgehead atoms. The highest BCUT2D eigenvalue weighted by Gasteiger charge is 2.01. The van der Waals surface area contributed by atoms with Gasteiger partial charge in [-0.15, -0.1) is 0 Å². The zero-order valence-electron chi connectivity index (χ0n) is 11.2. The second-order valence-corrected chi connectivity index (χ2v) is 4.46. The molecule has 0 aliphatic carbocycles. The Balaban J connectivity index is 2.09. The van der Waals surface area contributed by atoms with Crippen LogP contribution in [0.3, 0.4) is 0 Å². The Bertz CT molecular complexity index is 617. The largest absolute Gasteiger partial charge is 0.368 e. The summed E-state index contributed by atoms with van der Waals surface area (Å²) < 4.78 is 0. The summed E-state index contributed by atoms with van der Waals surface area (Å²) in [6, 6.07) is 11.1. The van der Waals surface area contributed by atoms with Gasteiger partial charge < -0.3 is 16.4 Å². The predicted octanol–water partition coefficient (Wildman–Crippen LogP) is 1.85. The first-order valence-corrected chi connectivity index (χ1v) is 6.26. The second-order valence-electron chi connectivity index (χ2n) is 4.46. The first-order valence-electron chi connectivity index (χ1n) is 6.26.